The summed E-state index contributed by atoms with van der Waals surface area (Å²) in [6.07, 6.45) is 2.14. The van der Waals surface area contributed by atoms with Gasteiger partial charge in [0.25, 0.3) is 5.91 Å². The van der Waals surface area contributed by atoms with Crippen molar-refractivity contribution in [2.24, 2.45) is 11.8 Å². The average Bonchev–Trinajstić information content (AvgIpc) is 3.05. The van der Waals surface area contributed by atoms with E-state index < -0.39 is 0 Å². The molecule has 0 spiro atoms. The van der Waals surface area contributed by atoms with E-state index in [0.717, 1.165) is 41.7 Å². The first-order valence-corrected chi connectivity index (χ1v) is 12.8. The maximum absolute atomic E-state index is 13.4. The van der Waals surface area contributed by atoms with Crippen molar-refractivity contribution in [3.63, 3.8) is 0 Å². The van der Waals surface area contributed by atoms with Crippen LogP contribution in [0.2, 0.25) is 0 Å². The van der Waals surface area contributed by atoms with E-state index in [-0.39, 0.29) is 16.9 Å². The van der Waals surface area contributed by atoms with Gasteiger partial charge in [-0.25, -0.2) is 9.97 Å². The number of anilines is 2. The molecule has 7 heteroatoms. The van der Waals surface area contributed by atoms with Gasteiger partial charge in [0.15, 0.2) is 0 Å². The molecule has 2 aromatic heterocycles. The normalized spacial score (nSPS) is 25.4. The van der Waals surface area contributed by atoms with Gasteiger partial charge in [0, 0.05) is 41.2 Å². The minimum Gasteiger partial charge on any atom is -0.368 e. The Morgan fingerprint density at radius 2 is 1.88 bits per heavy atom. The van der Waals surface area contributed by atoms with Crippen molar-refractivity contribution in [2.75, 3.05) is 16.8 Å². The molecular weight excluding hydrogens is 430 g/mol. The number of hydrogen-bond donors (Lipinski definition) is 2. The van der Waals surface area contributed by atoms with Gasteiger partial charge in [-0.05, 0) is 69.7 Å². The molecule has 1 fully saturated rings. The number of rotatable bonds is 0. The second kappa shape index (κ2) is 8.82. The summed E-state index contributed by atoms with van der Waals surface area (Å²) in [5.41, 5.74) is 1.44. The quantitative estimate of drug-likeness (QED) is 0.488. The number of fused-ring (bicyclic) bond motifs is 6. The predicted molar refractivity (Wildman–Crippen MR) is 137 cm³/mol. The molecule has 2 aliphatic heterocycles. The van der Waals surface area contributed by atoms with E-state index >= 15 is 0 Å². The zero-order valence-corrected chi connectivity index (χ0v) is 21.7. The minimum atomic E-state index is -0.140. The Morgan fingerprint density at radius 3 is 2.61 bits per heavy atom. The van der Waals surface area contributed by atoms with Crippen LogP contribution < -0.4 is 14.9 Å². The smallest absolute Gasteiger partial charge is 0.265 e. The van der Waals surface area contributed by atoms with Crippen molar-refractivity contribution in [3.05, 3.63) is 41.6 Å². The summed E-state index contributed by atoms with van der Waals surface area (Å²) in [6, 6.07) is 10.1. The highest BCUT2D eigenvalue weighted by molar-refractivity contribution is 7.97. The van der Waals surface area contributed by atoms with Crippen molar-refractivity contribution in [3.8, 4) is 0 Å². The van der Waals surface area contributed by atoms with Gasteiger partial charge < -0.3 is 10.2 Å². The van der Waals surface area contributed by atoms with Crippen LogP contribution in [-0.2, 0) is 5.41 Å². The Hall–Kier alpha value is -2.28. The van der Waals surface area contributed by atoms with E-state index in [1.807, 2.05) is 30.3 Å². The molecule has 0 radical (unpaired) electrons. The molecule has 178 valence electrons. The Bertz CT molecular complexity index is 1030. The van der Waals surface area contributed by atoms with Gasteiger partial charge in [0.2, 0.25) is 0 Å². The van der Waals surface area contributed by atoms with Crippen molar-refractivity contribution in [1.29, 1.82) is 0 Å². The van der Waals surface area contributed by atoms with Gasteiger partial charge in [-0.15, -0.1) is 0 Å². The number of pyridine rings is 2. The molecule has 2 N–H and O–H groups in total. The van der Waals surface area contributed by atoms with Gasteiger partial charge in [0.05, 0.1) is 5.56 Å². The first kappa shape index (κ1) is 23.9. The maximum Gasteiger partial charge on any atom is 0.265 e. The molecule has 3 atom stereocenters. The standard InChI is InChI=1S/C26H37N5OS/c1-16-13-17(2)27-21-9-8-10-22(29-21)33-30-24(32)19-11-12-20(25(3,4)5)28-23(19)31-15-18(16)14-26(31,6)7/h8-12,16-18H,13-15H2,1-7H3,(H,27,29)(H,30,32)/t16-,17?,18-/m0/s1. The third-order valence-corrected chi connectivity index (χ3v) is 7.67. The fourth-order valence-corrected chi connectivity index (χ4v) is 5.67. The zero-order chi connectivity index (χ0) is 24.0. The monoisotopic (exact) mass is 467 g/mol. The molecular formula is C26H37N5OS. The zero-order valence-electron chi connectivity index (χ0n) is 20.9. The van der Waals surface area contributed by atoms with Gasteiger partial charge >= 0.3 is 0 Å². The number of amides is 1. The molecule has 6 nitrogen and oxygen atoms in total. The van der Waals surface area contributed by atoms with E-state index in [0.29, 0.717) is 23.4 Å². The highest BCUT2D eigenvalue weighted by Gasteiger charge is 2.43. The van der Waals surface area contributed by atoms with E-state index in [4.69, 9.17) is 4.98 Å². The summed E-state index contributed by atoms with van der Waals surface area (Å²) >= 11 is 1.25. The second-order valence-electron chi connectivity index (χ2n) is 11.4. The number of nitrogens with zero attached hydrogens (tertiary/aromatic N) is 3. The topological polar surface area (TPSA) is 70.2 Å². The van der Waals surface area contributed by atoms with E-state index in [1.54, 1.807) is 0 Å². The summed E-state index contributed by atoms with van der Waals surface area (Å²) in [5.74, 6) is 2.55. The molecule has 1 saturated heterocycles. The summed E-state index contributed by atoms with van der Waals surface area (Å²) in [7, 11) is 0. The van der Waals surface area contributed by atoms with Gasteiger partial charge in [0.1, 0.15) is 16.7 Å². The predicted octanol–water partition coefficient (Wildman–Crippen LogP) is 5.66. The van der Waals surface area contributed by atoms with Crippen molar-refractivity contribution >= 4 is 29.5 Å². The second-order valence-corrected chi connectivity index (χ2v) is 12.2. The molecule has 0 aliphatic carbocycles. The minimum absolute atomic E-state index is 0.0792. The Balaban J connectivity index is 1.79. The molecule has 33 heavy (non-hydrogen) atoms. The summed E-state index contributed by atoms with van der Waals surface area (Å²) in [5, 5.41) is 4.31. The molecule has 4 rings (SSSR count). The lowest BCUT2D eigenvalue weighted by Gasteiger charge is -2.34. The van der Waals surface area contributed by atoms with E-state index in [1.165, 1.54) is 11.9 Å². The number of carbonyl (C=O) groups excluding carboxylic acids is 1. The SMILES string of the molecule is CC1C[C@H](C)[C@@H]2CN(c3nc(C(C)(C)C)ccc3C(=O)NSc3cccc(n3)N1)C(C)(C)C2. The number of hydrogen-bond acceptors (Lipinski definition) is 6. The lowest BCUT2D eigenvalue weighted by molar-refractivity contribution is 0.0984. The van der Waals surface area contributed by atoms with Crippen LogP contribution in [-0.4, -0.2) is 34.0 Å². The third-order valence-electron chi connectivity index (χ3n) is 6.95. The number of aromatic nitrogens is 2. The van der Waals surface area contributed by atoms with Crippen LogP contribution in [0.4, 0.5) is 11.6 Å². The van der Waals surface area contributed by atoms with Gasteiger partial charge in [-0.2, -0.15) is 0 Å². The summed E-state index contributed by atoms with van der Waals surface area (Å²) in [4.78, 5) is 25.5. The molecule has 4 bridgehead atoms. The Morgan fingerprint density at radius 1 is 1.12 bits per heavy atom. The van der Waals surface area contributed by atoms with Crippen molar-refractivity contribution in [2.45, 2.75) is 83.3 Å². The third kappa shape index (κ3) is 5.13. The van der Waals surface area contributed by atoms with Gasteiger partial charge in [-0.1, -0.05) is 33.8 Å². The van der Waals surface area contributed by atoms with Crippen LogP contribution in [0, 0.1) is 11.8 Å². The van der Waals surface area contributed by atoms with E-state index in [2.05, 4.69) is 68.4 Å². The van der Waals surface area contributed by atoms with E-state index in [9.17, 15) is 4.79 Å². The fourth-order valence-electron chi connectivity index (χ4n) is 5.07. The molecule has 2 aromatic rings. The molecule has 1 unspecified atom stereocenters. The summed E-state index contributed by atoms with van der Waals surface area (Å²) in [6.45, 7) is 16.5. The number of nitrogens with one attached hydrogen (secondary N) is 2. The number of carbonyl (C=O) groups is 1. The first-order valence-electron chi connectivity index (χ1n) is 11.9. The highest BCUT2D eigenvalue weighted by atomic mass is 32.2. The molecule has 2 aliphatic rings. The Labute approximate surface area is 202 Å². The fraction of sp³-hybridized carbons (Fsp3) is 0.577. The van der Waals surface area contributed by atoms with Crippen LogP contribution in [0.1, 0.15) is 77.4 Å². The lowest BCUT2D eigenvalue weighted by Crippen LogP contribution is -2.40. The van der Waals surface area contributed by atoms with Crippen LogP contribution >= 0.6 is 11.9 Å². The van der Waals surface area contributed by atoms with Gasteiger partial charge in [-0.3, -0.25) is 9.52 Å². The van der Waals surface area contributed by atoms with Crippen molar-refractivity contribution in [1.82, 2.24) is 14.7 Å². The highest BCUT2D eigenvalue weighted by Crippen LogP contribution is 2.42. The van der Waals surface area contributed by atoms with Crippen LogP contribution in [0.3, 0.4) is 0 Å². The Kier molecular flexibility index (Phi) is 6.38. The van der Waals surface area contributed by atoms with Crippen LogP contribution in [0.5, 0.6) is 0 Å². The maximum atomic E-state index is 13.4. The summed E-state index contributed by atoms with van der Waals surface area (Å²) < 4.78 is 3.00. The molecule has 4 heterocycles. The first-order chi connectivity index (χ1) is 15.4. The van der Waals surface area contributed by atoms with Crippen LogP contribution in [0.25, 0.3) is 0 Å². The van der Waals surface area contributed by atoms with Crippen molar-refractivity contribution < 1.29 is 4.79 Å². The molecule has 0 saturated carbocycles. The molecule has 1 amide bonds. The largest absolute Gasteiger partial charge is 0.368 e. The van der Waals surface area contributed by atoms with Crippen LogP contribution in [0.15, 0.2) is 35.4 Å². The lowest BCUT2D eigenvalue weighted by atomic mass is 9.84. The molecule has 0 aromatic carbocycles. The average molecular weight is 468 g/mol.